The summed E-state index contributed by atoms with van der Waals surface area (Å²) in [5.74, 6) is 0.916. The minimum Gasteiger partial charge on any atom is -0.321 e. The van der Waals surface area contributed by atoms with Gasteiger partial charge in [-0.15, -0.1) is 10.2 Å². The van der Waals surface area contributed by atoms with Gasteiger partial charge in [0.25, 0.3) is 0 Å². The predicted molar refractivity (Wildman–Crippen MR) is 67.4 cm³/mol. The van der Waals surface area contributed by atoms with Crippen molar-refractivity contribution in [2.75, 3.05) is 6.54 Å². The SMILES string of the molecule is Cn1cnnc1CCNCc1csc([N+](=O)[O-])c1. The lowest BCUT2D eigenvalue weighted by Crippen LogP contribution is -2.17. The van der Waals surface area contributed by atoms with Crippen LogP contribution in [0.3, 0.4) is 0 Å². The van der Waals surface area contributed by atoms with E-state index in [0.29, 0.717) is 6.54 Å². The van der Waals surface area contributed by atoms with Crippen LogP contribution >= 0.6 is 11.3 Å². The molecule has 0 spiro atoms. The highest BCUT2D eigenvalue weighted by atomic mass is 32.1. The maximum atomic E-state index is 10.5. The Hall–Kier alpha value is -1.80. The second-order valence-electron chi connectivity index (χ2n) is 3.84. The molecule has 0 aliphatic rings. The molecular weight excluding hydrogens is 254 g/mol. The zero-order valence-electron chi connectivity index (χ0n) is 9.87. The smallest absolute Gasteiger partial charge is 0.321 e. The zero-order valence-corrected chi connectivity index (χ0v) is 10.7. The average molecular weight is 267 g/mol. The second-order valence-corrected chi connectivity index (χ2v) is 4.72. The summed E-state index contributed by atoms with van der Waals surface area (Å²) >= 11 is 1.15. The zero-order chi connectivity index (χ0) is 13.0. The number of aryl methyl sites for hydroxylation is 1. The van der Waals surface area contributed by atoms with Gasteiger partial charge in [-0.1, -0.05) is 11.3 Å². The molecule has 0 aliphatic carbocycles. The molecule has 0 aliphatic heterocycles. The van der Waals surface area contributed by atoms with Crippen molar-refractivity contribution < 1.29 is 4.92 Å². The van der Waals surface area contributed by atoms with Crippen molar-refractivity contribution in [3.63, 3.8) is 0 Å². The van der Waals surface area contributed by atoms with E-state index in [2.05, 4.69) is 15.5 Å². The largest absolute Gasteiger partial charge is 0.324 e. The summed E-state index contributed by atoms with van der Waals surface area (Å²) in [6, 6.07) is 1.60. The molecular formula is C10H13N5O2S. The van der Waals surface area contributed by atoms with E-state index in [9.17, 15) is 10.1 Å². The fourth-order valence-electron chi connectivity index (χ4n) is 1.52. The minimum absolute atomic E-state index is 0.181. The average Bonchev–Trinajstić information content (AvgIpc) is 2.94. The standard InChI is InChI=1S/C10H13N5O2S/c1-14-7-12-13-9(14)2-3-11-5-8-4-10(15(16)17)18-6-8/h4,6-7,11H,2-3,5H2,1H3. The number of aromatic nitrogens is 3. The van der Waals surface area contributed by atoms with Crippen LogP contribution in [-0.4, -0.2) is 26.2 Å². The van der Waals surface area contributed by atoms with Gasteiger partial charge in [0.1, 0.15) is 12.2 Å². The van der Waals surface area contributed by atoms with E-state index in [-0.39, 0.29) is 9.92 Å². The van der Waals surface area contributed by atoms with E-state index in [1.807, 2.05) is 11.6 Å². The number of rotatable bonds is 6. The summed E-state index contributed by atoms with van der Waals surface area (Å²) in [5, 5.41) is 23.5. The molecule has 0 fully saturated rings. The fraction of sp³-hybridized carbons (Fsp3) is 0.400. The van der Waals surface area contributed by atoms with Crippen LogP contribution in [0, 0.1) is 10.1 Å². The number of nitrogens with one attached hydrogen (secondary N) is 1. The minimum atomic E-state index is -0.367. The lowest BCUT2D eigenvalue weighted by molar-refractivity contribution is -0.380. The third-order valence-corrected chi connectivity index (χ3v) is 3.41. The highest BCUT2D eigenvalue weighted by molar-refractivity contribution is 7.13. The highest BCUT2D eigenvalue weighted by Crippen LogP contribution is 2.22. The van der Waals surface area contributed by atoms with Crippen molar-refractivity contribution in [2.24, 2.45) is 7.05 Å². The molecule has 0 aromatic carbocycles. The molecule has 0 atom stereocenters. The number of hydrogen-bond donors (Lipinski definition) is 1. The summed E-state index contributed by atoms with van der Waals surface area (Å²) in [4.78, 5) is 10.1. The Morgan fingerprint density at radius 1 is 1.61 bits per heavy atom. The van der Waals surface area contributed by atoms with Crippen molar-refractivity contribution >= 4 is 16.3 Å². The molecule has 7 nitrogen and oxygen atoms in total. The van der Waals surface area contributed by atoms with Crippen molar-refractivity contribution in [3.8, 4) is 0 Å². The van der Waals surface area contributed by atoms with Crippen molar-refractivity contribution in [1.29, 1.82) is 0 Å². The molecule has 2 heterocycles. The van der Waals surface area contributed by atoms with Crippen LogP contribution in [0.25, 0.3) is 0 Å². The summed E-state index contributed by atoms with van der Waals surface area (Å²) in [6.07, 6.45) is 2.44. The van der Waals surface area contributed by atoms with Crippen LogP contribution in [-0.2, 0) is 20.0 Å². The summed E-state index contributed by atoms with van der Waals surface area (Å²) in [6.45, 7) is 1.39. The van der Waals surface area contributed by atoms with E-state index >= 15 is 0 Å². The predicted octanol–water partition coefficient (Wildman–Crippen LogP) is 1.12. The molecule has 0 unspecified atom stereocenters. The number of nitro groups is 1. The van der Waals surface area contributed by atoms with Gasteiger partial charge in [0.2, 0.25) is 0 Å². The molecule has 0 bridgehead atoms. The van der Waals surface area contributed by atoms with Crippen LogP contribution in [0.5, 0.6) is 0 Å². The quantitative estimate of drug-likeness (QED) is 0.481. The Bertz CT molecular complexity index is 536. The third kappa shape index (κ3) is 3.11. The van der Waals surface area contributed by atoms with E-state index in [1.165, 1.54) is 0 Å². The first-order chi connectivity index (χ1) is 8.66. The Morgan fingerprint density at radius 3 is 3.06 bits per heavy atom. The monoisotopic (exact) mass is 267 g/mol. The van der Waals surface area contributed by atoms with Crippen LogP contribution < -0.4 is 5.32 Å². The molecule has 2 aromatic rings. The molecule has 2 rings (SSSR count). The van der Waals surface area contributed by atoms with Gasteiger partial charge in [-0.25, -0.2) is 0 Å². The van der Waals surface area contributed by atoms with Crippen LogP contribution in [0.2, 0.25) is 0 Å². The molecule has 2 aromatic heterocycles. The maximum Gasteiger partial charge on any atom is 0.324 e. The van der Waals surface area contributed by atoms with Crippen molar-refractivity contribution in [3.05, 3.63) is 39.3 Å². The van der Waals surface area contributed by atoms with Gasteiger partial charge in [0.05, 0.1) is 4.92 Å². The molecule has 0 saturated carbocycles. The second kappa shape index (κ2) is 5.69. The van der Waals surface area contributed by atoms with Gasteiger partial charge in [-0.3, -0.25) is 10.1 Å². The van der Waals surface area contributed by atoms with E-state index < -0.39 is 0 Å². The van der Waals surface area contributed by atoms with E-state index in [1.54, 1.807) is 17.8 Å². The lowest BCUT2D eigenvalue weighted by atomic mass is 10.3. The number of nitrogens with zero attached hydrogens (tertiary/aromatic N) is 4. The van der Waals surface area contributed by atoms with Gasteiger partial charge >= 0.3 is 5.00 Å². The first-order valence-electron chi connectivity index (χ1n) is 5.42. The molecule has 0 saturated heterocycles. The first-order valence-corrected chi connectivity index (χ1v) is 6.30. The third-order valence-electron chi connectivity index (χ3n) is 2.48. The van der Waals surface area contributed by atoms with Gasteiger partial charge in [0, 0.05) is 38.0 Å². The Balaban J connectivity index is 1.75. The van der Waals surface area contributed by atoms with Gasteiger partial charge < -0.3 is 9.88 Å². The number of hydrogen-bond acceptors (Lipinski definition) is 6. The van der Waals surface area contributed by atoms with Gasteiger partial charge in [0.15, 0.2) is 0 Å². The van der Waals surface area contributed by atoms with Gasteiger partial charge in [-0.2, -0.15) is 0 Å². The van der Waals surface area contributed by atoms with E-state index in [0.717, 1.165) is 35.7 Å². The van der Waals surface area contributed by atoms with Crippen LogP contribution in [0.4, 0.5) is 5.00 Å². The van der Waals surface area contributed by atoms with Gasteiger partial charge in [-0.05, 0) is 5.56 Å². The van der Waals surface area contributed by atoms with Crippen molar-refractivity contribution in [2.45, 2.75) is 13.0 Å². The molecule has 0 amide bonds. The Labute approximate surface area is 108 Å². The Kier molecular flexibility index (Phi) is 4.00. The fourth-order valence-corrected chi connectivity index (χ4v) is 2.25. The summed E-state index contributed by atoms with van der Waals surface area (Å²) in [7, 11) is 1.90. The molecule has 18 heavy (non-hydrogen) atoms. The molecule has 8 heteroatoms. The normalized spacial score (nSPS) is 10.7. The Morgan fingerprint density at radius 2 is 2.44 bits per heavy atom. The molecule has 0 radical (unpaired) electrons. The van der Waals surface area contributed by atoms with E-state index in [4.69, 9.17) is 0 Å². The summed E-state index contributed by atoms with van der Waals surface area (Å²) < 4.78 is 1.87. The van der Waals surface area contributed by atoms with Crippen LogP contribution in [0.15, 0.2) is 17.8 Å². The summed E-state index contributed by atoms with van der Waals surface area (Å²) in [5.41, 5.74) is 0.935. The first kappa shape index (κ1) is 12.7. The maximum absolute atomic E-state index is 10.5. The molecule has 1 N–H and O–H groups in total. The highest BCUT2D eigenvalue weighted by Gasteiger charge is 2.09. The van der Waals surface area contributed by atoms with Crippen molar-refractivity contribution in [1.82, 2.24) is 20.1 Å². The van der Waals surface area contributed by atoms with Crippen LogP contribution in [0.1, 0.15) is 11.4 Å². The molecule has 96 valence electrons. The lowest BCUT2D eigenvalue weighted by Gasteiger charge is -2.02. The topological polar surface area (TPSA) is 85.9 Å². The number of thiophene rings is 1.